The Labute approximate surface area is 142 Å². The number of H-pyrrole nitrogens is 1. The molecular weight excluding hydrogens is 326 g/mol. The number of benzene rings is 1. The molecule has 2 N–H and O–H groups in total. The van der Waals surface area contributed by atoms with Crippen LogP contribution in [0.25, 0.3) is 10.9 Å². The van der Waals surface area contributed by atoms with Crippen LogP contribution in [-0.2, 0) is 16.1 Å². The van der Waals surface area contributed by atoms with Crippen molar-refractivity contribution in [3.63, 3.8) is 0 Å². The number of aliphatic carboxylic acids is 1. The summed E-state index contributed by atoms with van der Waals surface area (Å²) in [7, 11) is 0. The first-order chi connectivity index (χ1) is 11.9. The molecule has 8 nitrogen and oxygen atoms in total. The van der Waals surface area contributed by atoms with Gasteiger partial charge in [-0.2, -0.15) is 0 Å². The Balaban J connectivity index is 1.78. The molecule has 1 aliphatic heterocycles. The van der Waals surface area contributed by atoms with E-state index in [1.807, 2.05) is 6.92 Å². The quantitative estimate of drug-likeness (QED) is 0.825. The number of aromatic nitrogens is 2. The summed E-state index contributed by atoms with van der Waals surface area (Å²) in [6.07, 6.45) is 0.0645. The molecule has 3 rings (SSSR count). The second-order valence-corrected chi connectivity index (χ2v) is 6.40. The minimum Gasteiger partial charge on any atom is -0.481 e. The fourth-order valence-electron chi connectivity index (χ4n) is 3.32. The van der Waals surface area contributed by atoms with Crippen molar-refractivity contribution in [3.8, 4) is 0 Å². The van der Waals surface area contributed by atoms with Crippen molar-refractivity contribution in [2.24, 2.45) is 11.8 Å². The van der Waals surface area contributed by atoms with Crippen LogP contribution in [0.5, 0.6) is 0 Å². The number of carboxylic acids is 1. The van der Waals surface area contributed by atoms with Crippen LogP contribution in [0.1, 0.15) is 13.3 Å². The van der Waals surface area contributed by atoms with Crippen LogP contribution in [0.15, 0.2) is 33.9 Å². The second kappa shape index (κ2) is 6.54. The van der Waals surface area contributed by atoms with E-state index in [-0.39, 0.29) is 31.3 Å². The summed E-state index contributed by atoms with van der Waals surface area (Å²) >= 11 is 0. The first-order valence-corrected chi connectivity index (χ1v) is 8.11. The molecule has 2 heterocycles. The van der Waals surface area contributed by atoms with Crippen molar-refractivity contribution in [1.29, 1.82) is 0 Å². The number of likely N-dealkylation sites (tertiary alicyclic amines) is 1. The fraction of sp³-hybridized carbons (Fsp3) is 0.412. The van der Waals surface area contributed by atoms with Gasteiger partial charge in [0.25, 0.3) is 5.56 Å². The Kier molecular flexibility index (Phi) is 4.43. The highest BCUT2D eigenvalue weighted by Gasteiger charge is 2.36. The standard InChI is InChI=1S/C17H19N3O5/c1-10-8-19(9-12(10)16(23)24)14(21)6-7-20-13-5-3-2-4-11(13)15(22)18-17(20)25/h2-5,10,12H,6-9H2,1H3,(H,23,24)(H,18,22,25)/t10-,12-/m1/s1. The van der Waals surface area contributed by atoms with E-state index >= 15 is 0 Å². The van der Waals surface area contributed by atoms with Crippen LogP contribution in [0.4, 0.5) is 0 Å². The number of hydrogen-bond donors (Lipinski definition) is 2. The van der Waals surface area contributed by atoms with Crippen LogP contribution >= 0.6 is 0 Å². The molecule has 0 bridgehead atoms. The van der Waals surface area contributed by atoms with E-state index in [0.717, 1.165) is 0 Å². The molecular formula is C17H19N3O5. The maximum atomic E-state index is 12.4. The Bertz CT molecular complexity index is 945. The number of rotatable bonds is 4. The lowest BCUT2D eigenvalue weighted by atomic mass is 9.99. The number of nitrogens with zero attached hydrogens (tertiary/aromatic N) is 2. The van der Waals surface area contributed by atoms with Crippen LogP contribution in [0.3, 0.4) is 0 Å². The van der Waals surface area contributed by atoms with Crippen LogP contribution < -0.4 is 11.2 Å². The lowest BCUT2D eigenvalue weighted by molar-refractivity contribution is -0.142. The van der Waals surface area contributed by atoms with E-state index < -0.39 is 23.1 Å². The summed E-state index contributed by atoms with van der Waals surface area (Å²) in [5.41, 5.74) is -0.544. The van der Waals surface area contributed by atoms with Crippen molar-refractivity contribution in [1.82, 2.24) is 14.5 Å². The van der Waals surface area contributed by atoms with Gasteiger partial charge in [0, 0.05) is 26.1 Å². The number of aromatic amines is 1. The Morgan fingerprint density at radius 2 is 1.96 bits per heavy atom. The van der Waals surface area contributed by atoms with Gasteiger partial charge < -0.3 is 10.0 Å². The first kappa shape index (κ1) is 16.9. The smallest absolute Gasteiger partial charge is 0.328 e. The molecule has 0 aliphatic carbocycles. The first-order valence-electron chi connectivity index (χ1n) is 8.11. The van der Waals surface area contributed by atoms with E-state index in [0.29, 0.717) is 17.4 Å². The van der Waals surface area contributed by atoms with Gasteiger partial charge in [0.15, 0.2) is 0 Å². The number of hydrogen-bond acceptors (Lipinski definition) is 4. The third kappa shape index (κ3) is 3.19. The van der Waals surface area contributed by atoms with Gasteiger partial charge in [-0.05, 0) is 18.1 Å². The zero-order valence-corrected chi connectivity index (χ0v) is 13.8. The maximum absolute atomic E-state index is 12.4. The van der Waals surface area contributed by atoms with Crippen molar-refractivity contribution in [2.75, 3.05) is 13.1 Å². The van der Waals surface area contributed by atoms with E-state index in [2.05, 4.69) is 4.98 Å². The number of fused-ring (bicyclic) bond motifs is 1. The van der Waals surface area contributed by atoms with Gasteiger partial charge >= 0.3 is 11.7 Å². The largest absolute Gasteiger partial charge is 0.481 e. The maximum Gasteiger partial charge on any atom is 0.328 e. The summed E-state index contributed by atoms with van der Waals surface area (Å²) in [5, 5.41) is 9.54. The van der Waals surface area contributed by atoms with Gasteiger partial charge in [-0.1, -0.05) is 19.1 Å². The topological polar surface area (TPSA) is 112 Å². The Morgan fingerprint density at radius 3 is 2.64 bits per heavy atom. The molecule has 1 aromatic carbocycles. The lowest BCUT2D eigenvalue weighted by Crippen LogP contribution is -2.34. The summed E-state index contributed by atoms with van der Waals surface area (Å²) < 4.78 is 1.36. The van der Waals surface area contributed by atoms with E-state index in [9.17, 15) is 19.2 Å². The van der Waals surface area contributed by atoms with Crippen LogP contribution in [-0.4, -0.2) is 44.5 Å². The minimum absolute atomic E-state index is 0.0645. The predicted octanol–water partition coefficient (Wildman–Crippen LogP) is 0.259. The molecule has 25 heavy (non-hydrogen) atoms. The molecule has 0 unspecified atom stereocenters. The molecule has 1 fully saturated rings. The monoisotopic (exact) mass is 345 g/mol. The summed E-state index contributed by atoms with van der Waals surface area (Å²) in [4.78, 5) is 51.3. The molecule has 2 aromatic rings. The highest BCUT2D eigenvalue weighted by atomic mass is 16.4. The summed E-state index contributed by atoms with van der Waals surface area (Å²) in [5.74, 6) is -1.75. The predicted molar refractivity (Wildman–Crippen MR) is 90.3 cm³/mol. The Morgan fingerprint density at radius 1 is 1.24 bits per heavy atom. The molecule has 2 atom stereocenters. The number of carbonyl (C=O) groups is 2. The van der Waals surface area contributed by atoms with Crippen molar-refractivity contribution >= 4 is 22.8 Å². The highest BCUT2D eigenvalue weighted by Crippen LogP contribution is 2.23. The number of aryl methyl sites for hydroxylation is 1. The molecule has 132 valence electrons. The average Bonchev–Trinajstić information content (AvgIpc) is 2.96. The number of amides is 1. The highest BCUT2D eigenvalue weighted by molar-refractivity contribution is 5.80. The van der Waals surface area contributed by atoms with E-state index in [1.54, 1.807) is 24.3 Å². The number of para-hydroxylation sites is 1. The van der Waals surface area contributed by atoms with Gasteiger partial charge in [0.1, 0.15) is 0 Å². The third-order valence-electron chi connectivity index (χ3n) is 4.74. The van der Waals surface area contributed by atoms with Gasteiger partial charge in [-0.3, -0.25) is 23.9 Å². The molecule has 8 heteroatoms. The van der Waals surface area contributed by atoms with Crippen LogP contribution in [0.2, 0.25) is 0 Å². The second-order valence-electron chi connectivity index (χ2n) is 6.40. The minimum atomic E-state index is -0.898. The summed E-state index contributed by atoms with van der Waals surface area (Å²) in [6.45, 7) is 2.53. The third-order valence-corrected chi connectivity index (χ3v) is 4.74. The normalized spacial score (nSPS) is 20.1. The molecule has 0 spiro atoms. The molecule has 1 saturated heterocycles. The van der Waals surface area contributed by atoms with Crippen LogP contribution in [0, 0.1) is 11.8 Å². The van der Waals surface area contributed by atoms with Gasteiger partial charge in [-0.15, -0.1) is 0 Å². The van der Waals surface area contributed by atoms with E-state index in [4.69, 9.17) is 5.11 Å². The van der Waals surface area contributed by atoms with Gasteiger partial charge in [0.05, 0.1) is 16.8 Å². The number of carbonyl (C=O) groups excluding carboxylic acids is 1. The zero-order valence-electron chi connectivity index (χ0n) is 13.8. The average molecular weight is 345 g/mol. The SMILES string of the molecule is C[C@@H]1CN(C(=O)CCn2c(=O)[nH]c(=O)c3ccccc32)C[C@H]1C(=O)O. The van der Waals surface area contributed by atoms with Gasteiger partial charge in [-0.25, -0.2) is 4.79 Å². The lowest BCUT2D eigenvalue weighted by Gasteiger charge is -2.16. The van der Waals surface area contributed by atoms with Gasteiger partial charge in [0.2, 0.25) is 5.91 Å². The van der Waals surface area contributed by atoms with Crippen molar-refractivity contribution < 1.29 is 14.7 Å². The molecule has 0 saturated carbocycles. The zero-order chi connectivity index (χ0) is 18.1. The molecule has 0 radical (unpaired) electrons. The molecule has 1 amide bonds. The van der Waals surface area contributed by atoms with Crippen molar-refractivity contribution in [3.05, 3.63) is 45.1 Å². The molecule has 1 aromatic heterocycles. The number of nitrogens with one attached hydrogen (secondary N) is 1. The molecule has 1 aliphatic rings. The van der Waals surface area contributed by atoms with Crippen molar-refractivity contribution in [2.45, 2.75) is 19.9 Å². The number of carboxylic acid groups (broad SMARTS) is 1. The van der Waals surface area contributed by atoms with E-state index in [1.165, 1.54) is 9.47 Å². The fourth-order valence-corrected chi connectivity index (χ4v) is 3.32. The Hall–Kier alpha value is -2.90. The summed E-state index contributed by atoms with van der Waals surface area (Å²) in [6, 6.07) is 6.70.